The second kappa shape index (κ2) is 8.79. The van der Waals surface area contributed by atoms with E-state index in [-0.39, 0.29) is 0 Å². The van der Waals surface area contributed by atoms with Crippen LogP contribution in [0.3, 0.4) is 0 Å². The summed E-state index contributed by atoms with van der Waals surface area (Å²) >= 11 is 0. The van der Waals surface area contributed by atoms with Crippen molar-refractivity contribution < 1.29 is 0 Å². The van der Waals surface area contributed by atoms with Gasteiger partial charge in [-0.3, -0.25) is 9.89 Å². The van der Waals surface area contributed by atoms with Crippen molar-refractivity contribution in [1.82, 2.24) is 15.5 Å². The van der Waals surface area contributed by atoms with Crippen molar-refractivity contribution in [2.75, 3.05) is 32.7 Å². The molecule has 0 aromatic heterocycles. The zero-order valence-corrected chi connectivity index (χ0v) is 14.2. The minimum absolute atomic E-state index is 0.385. The van der Waals surface area contributed by atoms with Crippen LogP contribution in [-0.4, -0.2) is 43.6 Å². The molecule has 1 aliphatic rings. The van der Waals surface area contributed by atoms with Gasteiger partial charge in [0.1, 0.15) is 0 Å². The topological polar surface area (TPSA) is 39.7 Å². The van der Waals surface area contributed by atoms with E-state index in [9.17, 15) is 0 Å². The van der Waals surface area contributed by atoms with E-state index >= 15 is 0 Å². The quantitative estimate of drug-likeness (QED) is 0.627. The van der Waals surface area contributed by atoms with Gasteiger partial charge in [-0.05, 0) is 52.3 Å². The van der Waals surface area contributed by atoms with Crippen LogP contribution in [0, 0.1) is 6.92 Å². The maximum Gasteiger partial charge on any atom is 0.191 e. The van der Waals surface area contributed by atoms with Gasteiger partial charge in [-0.2, -0.15) is 0 Å². The van der Waals surface area contributed by atoms with Gasteiger partial charge in [-0.25, -0.2) is 0 Å². The standard InChI is InChI=1S/C18H30N4/c1-4-19-18(20-5-2)21-14-17(22-12-6-7-13-22)16-10-8-15(3)9-11-16/h8-11,17H,4-7,12-14H2,1-3H3,(H2,19,20,21). The molecule has 122 valence electrons. The van der Waals surface area contributed by atoms with Crippen molar-refractivity contribution in [2.24, 2.45) is 4.99 Å². The Morgan fingerprint density at radius 3 is 2.23 bits per heavy atom. The summed E-state index contributed by atoms with van der Waals surface area (Å²) < 4.78 is 0. The summed E-state index contributed by atoms with van der Waals surface area (Å²) in [6.45, 7) is 11.3. The number of guanidine groups is 1. The van der Waals surface area contributed by atoms with Crippen molar-refractivity contribution in [3.05, 3.63) is 35.4 Å². The molecule has 1 unspecified atom stereocenters. The van der Waals surface area contributed by atoms with Gasteiger partial charge in [-0.1, -0.05) is 29.8 Å². The van der Waals surface area contributed by atoms with Gasteiger partial charge < -0.3 is 10.6 Å². The predicted molar refractivity (Wildman–Crippen MR) is 94.4 cm³/mol. The van der Waals surface area contributed by atoms with Gasteiger partial charge in [0.25, 0.3) is 0 Å². The van der Waals surface area contributed by atoms with E-state index in [1.54, 1.807) is 0 Å². The monoisotopic (exact) mass is 302 g/mol. The molecule has 1 fully saturated rings. The van der Waals surface area contributed by atoms with Crippen LogP contribution in [0.4, 0.5) is 0 Å². The third-order valence-corrected chi connectivity index (χ3v) is 4.15. The number of rotatable bonds is 6. The predicted octanol–water partition coefficient (Wildman–Crippen LogP) is 2.71. The molecule has 2 rings (SSSR count). The van der Waals surface area contributed by atoms with Crippen LogP contribution in [0.1, 0.15) is 43.9 Å². The lowest BCUT2D eigenvalue weighted by Gasteiger charge is -2.27. The molecule has 1 atom stereocenters. The maximum atomic E-state index is 4.80. The molecule has 1 aromatic rings. The number of likely N-dealkylation sites (tertiary alicyclic amines) is 1. The smallest absolute Gasteiger partial charge is 0.191 e. The minimum atomic E-state index is 0.385. The van der Waals surface area contributed by atoms with Crippen LogP contribution in [0.2, 0.25) is 0 Å². The molecule has 0 saturated carbocycles. The van der Waals surface area contributed by atoms with Crippen LogP contribution >= 0.6 is 0 Å². The Bertz CT molecular complexity index is 452. The number of nitrogens with one attached hydrogen (secondary N) is 2. The lowest BCUT2D eigenvalue weighted by atomic mass is 10.0. The molecule has 0 amide bonds. The summed E-state index contributed by atoms with van der Waals surface area (Å²) in [5.41, 5.74) is 2.69. The average molecular weight is 302 g/mol. The molecule has 4 heteroatoms. The molecular formula is C18H30N4. The molecule has 1 aliphatic heterocycles. The molecule has 1 heterocycles. The van der Waals surface area contributed by atoms with Crippen LogP contribution < -0.4 is 10.6 Å². The normalized spacial score (nSPS) is 16.3. The fourth-order valence-corrected chi connectivity index (χ4v) is 2.96. The number of hydrogen-bond acceptors (Lipinski definition) is 2. The van der Waals surface area contributed by atoms with Crippen LogP contribution in [0.25, 0.3) is 0 Å². The third-order valence-electron chi connectivity index (χ3n) is 4.15. The average Bonchev–Trinajstić information content (AvgIpc) is 3.04. The van der Waals surface area contributed by atoms with Gasteiger partial charge in [-0.15, -0.1) is 0 Å². The molecule has 1 aromatic carbocycles. The van der Waals surface area contributed by atoms with Crippen molar-refractivity contribution >= 4 is 5.96 Å². The third kappa shape index (κ3) is 4.73. The highest BCUT2D eigenvalue weighted by Crippen LogP contribution is 2.25. The maximum absolute atomic E-state index is 4.80. The summed E-state index contributed by atoms with van der Waals surface area (Å²) in [5.74, 6) is 0.918. The van der Waals surface area contributed by atoms with Gasteiger partial charge in [0.05, 0.1) is 12.6 Å². The highest BCUT2D eigenvalue weighted by molar-refractivity contribution is 5.79. The first kappa shape index (κ1) is 16.8. The molecular weight excluding hydrogens is 272 g/mol. The largest absolute Gasteiger partial charge is 0.357 e. The Balaban J connectivity index is 2.13. The van der Waals surface area contributed by atoms with Gasteiger partial charge in [0, 0.05) is 13.1 Å². The van der Waals surface area contributed by atoms with Gasteiger partial charge in [0.2, 0.25) is 0 Å². The Labute approximate surface area is 135 Å². The molecule has 0 spiro atoms. The van der Waals surface area contributed by atoms with Crippen molar-refractivity contribution in [1.29, 1.82) is 0 Å². The zero-order valence-electron chi connectivity index (χ0n) is 14.2. The molecule has 4 nitrogen and oxygen atoms in total. The molecule has 1 saturated heterocycles. The summed E-state index contributed by atoms with van der Waals surface area (Å²) in [5, 5.41) is 6.62. The number of aliphatic imine (C=N–C) groups is 1. The van der Waals surface area contributed by atoms with Crippen molar-refractivity contribution in [3.63, 3.8) is 0 Å². The van der Waals surface area contributed by atoms with Crippen molar-refractivity contribution in [3.8, 4) is 0 Å². The first-order valence-corrected chi connectivity index (χ1v) is 8.57. The van der Waals surface area contributed by atoms with E-state index in [0.29, 0.717) is 6.04 Å². The lowest BCUT2D eigenvalue weighted by molar-refractivity contribution is 0.251. The zero-order chi connectivity index (χ0) is 15.8. The summed E-state index contributed by atoms with van der Waals surface area (Å²) in [6.07, 6.45) is 2.61. The summed E-state index contributed by atoms with van der Waals surface area (Å²) in [4.78, 5) is 7.37. The first-order valence-electron chi connectivity index (χ1n) is 8.57. The summed E-state index contributed by atoms with van der Waals surface area (Å²) in [7, 11) is 0. The van der Waals surface area contributed by atoms with E-state index in [2.05, 4.69) is 60.6 Å². The number of nitrogens with zero attached hydrogens (tertiary/aromatic N) is 2. The summed E-state index contributed by atoms with van der Waals surface area (Å²) in [6, 6.07) is 9.31. The Hall–Kier alpha value is -1.55. The molecule has 0 aliphatic carbocycles. The van der Waals surface area contributed by atoms with Crippen LogP contribution in [0.5, 0.6) is 0 Å². The number of benzene rings is 1. The molecule has 2 N–H and O–H groups in total. The van der Waals surface area contributed by atoms with Crippen LogP contribution in [-0.2, 0) is 0 Å². The van der Waals surface area contributed by atoms with Gasteiger partial charge >= 0.3 is 0 Å². The minimum Gasteiger partial charge on any atom is -0.357 e. The van der Waals surface area contributed by atoms with E-state index < -0.39 is 0 Å². The van der Waals surface area contributed by atoms with E-state index in [1.807, 2.05) is 0 Å². The first-order chi connectivity index (χ1) is 10.7. The van der Waals surface area contributed by atoms with E-state index in [0.717, 1.165) is 25.6 Å². The second-order valence-corrected chi connectivity index (χ2v) is 5.92. The fraction of sp³-hybridized carbons (Fsp3) is 0.611. The number of aryl methyl sites for hydroxylation is 1. The fourth-order valence-electron chi connectivity index (χ4n) is 2.96. The molecule has 22 heavy (non-hydrogen) atoms. The van der Waals surface area contributed by atoms with E-state index in [1.165, 1.54) is 37.1 Å². The lowest BCUT2D eigenvalue weighted by Crippen LogP contribution is -2.38. The van der Waals surface area contributed by atoms with Crippen molar-refractivity contribution in [2.45, 2.75) is 39.7 Å². The SMILES string of the molecule is CCNC(=NCC(c1ccc(C)cc1)N1CCCC1)NCC. The molecule has 0 bridgehead atoms. The second-order valence-electron chi connectivity index (χ2n) is 5.92. The Morgan fingerprint density at radius 2 is 1.68 bits per heavy atom. The highest BCUT2D eigenvalue weighted by atomic mass is 15.2. The number of hydrogen-bond donors (Lipinski definition) is 2. The Kier molecular flexibility index (Phi) is 6.72. The highest BCUT2D eigenvalue weighted by Gasteiger charge is 2.23. The van der Waals surface area contributed by atoms with Crippen LogP contribution in [0.15, 0.2) is 29.3 Å². The van der Waals surface area contributed by atoms with E-state index in [4.69, 9.17) is 4.99 Å². The van der Waals surface area contributed by atoms with Gasteiger partial charge in [0.15, 0.2) is 5.96 Å². The molecule has 0 radical (unpaired) electrons. The Morgan fingerprint density at radius 1 is 1.09 bits per heavy atom.